The summed E-state index contributed by atoms with van der Waals surface area (Å²) >= 11 is 0. The summed E-state index contributed by atoms with van der Waals surface area (Å²) in [4.78, 5) is 11.1. The van der Waals surface area contributed by atoms with Crippen LogP contribution in [0.3, 0.4) is 0 Å². The van der Waals surface area contributed by atoms with Gasteiger partial charge in [0.05, 0.1) is 6.04 Å². The summed E-state index contributed by atoms with van der Waals surface area (Å²) in [6.45, 7) is 0. The van der Waals surface area contributed by atoms with Crippen molar-refractivity contribution in [2.24, 2.45) is 5.73 Å². The van der Waals surface area contributed by atoms with Crippen LogP contribution in [0.4, 0.5) is 5.69 Å². The van der Waals surface area contributed by atoms with Gasteiger partial charge in [-0.3, -0.25) is 4.79 Å². The molecule has 3 N–H and O–H groups in total. The van der Waals surface area contributed by atoms with Crippen molar-refractivity contribution in [1.82, 2.24) is 0 Å². The molecule has 2 rings (SSSR count). The molecule has 1 aromatic rings. The largest absolute Gasteiger partial charge is 0.324 e. The molecule has 70 valence electrons. The van der Waals surface area contributed by atoms with Gasteiger partial charge in [0, 0.05) is 5.69 Å². The lowest BCUT2D eigenvalue weighted by Crippen LogP contribution is -2.40. The topological polar surface area (TPSA) is 55.1 Å². The van der Waals surface area contributed by atoms with E-state index in [0.29, 0.717) is 6.42 Å². The fraction of sp³-hybridized carbons (Fsp3) is 0.222. The van der Waals surface area contributed by atoms with E-state index in [-0.39, 0.29) is 35.9 Å². The van der Waals surface area contributed by atoms with E-state index in [1.807, 2.05) is 24.3 Å². The van der Waals surface area contributed by atoms with Crippen LogP contribution >= 0.6 is 24.0 Å². The number of hydrogen-bond donors (Lipinski definition) is 2. The quantitative estimate of drug-likeness (QED) is 0.704. The fourth-order valence-corrected chi connectivity index (χ4v) is 1.38. The summed E-state index contributed by atoms with van der Waals surface area (Å²) in [6, 6.07) is 7.33. The maximum atomic E-state index is 11.1. The number of anilines is 1. The van der Waals surface area contributed by atoms with Gasteiger partial charge in [-0.2, -0.15) is 0 Å². The number of fused-ring (bicyclic) bond motifs is 1. The van der Waals surface area contributed by atoms with Crippen LogP contribution in [0.1, 0.15) is 5.56 Å². The van der Waals surface area contributed by atoms with Gasteiger partial charge in [0.25, 0.3) is 0 Å². The zero-order chi connectivity index (χ0) is 8.55. The zero-order valence-corrected chi connectivity index (χ0v) is 9.32. The first-order valence-corrected chi connectivity index (χ1v) is 3.92. The van der Waals surface area contributed by atoms with Crippen molar-refractivity contribution >= 4 is 35.6 Å². The number of rotatable bonds is 0. The van der Waals surface area contributed by atoms with Gasteiger partial charge in [-0.1, -0.05) is 18.2 Å². The molecule has 1 aliphatic rings. The average molecular weight is 290 g/mol. The molecule has 1 heterocycles. The van der Waals surface area contributed by atoms with E-state index in [0.717, 1.165) is 11.3 Å². The highest BCUT2D eigenvalue weighted by molar-refractivity contribution is 14.0. The monoisotopic (exact) mass is 290 g/mol. The van der Waals surface area contributed by atoms with E-state index in [4.69, 9.17) is 5.73 Å². The Balaban J connectivity index is 0.000000845. The number of carbonyl (C=O) groups is 1. The Hall–Kier alpha value is -0.620. The highest BCUT2D eigenvalue weighted by Gasteiger charge is 2.21. The average Bonchev–Trinajstić information content (AvgIpc) is 2.07. The summed E-state index contributed by atoms with van der Waals surface area (Å²) in [5.74, 6) is -0.0892. The summed E-state index contributed by atoms with van der Waals surface area (Å²) in [6.07, 6.45) is 0.641. The van der Waals surface area contributed by atoms with Crippen LogP contribution in [0, 0.1) is 0 Å². The number of nitrogens with one attached hydrogen (secondary N) is 1. The maximum Gasteiger partial charge on any atom is 0.241 e. The number of halogens is 1. The van der Waals surface area contributed by atoms with Crippen LogP contribution in [0.2, 0.25) is 0 Å². The van der Waals surface area contributed by atoms with Gasteiger partial charge < -0.3 is 11.1 Å². The SMILES string of the molecule is I.NC1Cc2ccccc2NC1=O. The molecule has 1 atom stereocenters. The molecule has 0 radical (unpaired) electrons. The number of nitrogens with two attached hydrogens (primary N) is 1. The minimum Gasteiger partial charge on any atom is -0.324 e. The lowest BCUT2D eigenvalue weighted by atomic mass is 10.00. The molecule has 4 heteroatoms. The second-order valence-electron chi connectivity index (χ2n) is 2.96. The summed E-state index contributed by atoms with van der Waals surface area (Å²) in [5.41, 5.74) is 7.59. The van der Waals surface area contributed by atoms with Crippen LogP contribution in [-0.4, -0.2) is 11.9 Å². The molecular formula is C9H11IN2O. The maximum absolute atomic E-state index is 11.1. The molecule has 1 aromatic carbocycles. The molecule has 1 amide bonds. The molecule has 1 unspecified atom stereocenters. The molecule has 3 nitrogen and oxygen atoms in total. The minimum atomic E-state index is -0.389. The molecule has 0 fully saturated rings. The number of carbonyl (C=O) groups excluding carboxylic acids is 1. The Morgan fingerprint density at radius 3 is 2.85 bits per heavy atom. The smallest absolute Gasteiger partial charge is 0.241 e. The number of amides is 1. The van der Waals surface area contributed by atoms with Crippen LogP contribution in [0.5, 0.6) is 0 Å². The predicted octanol–water partition coefficient (Wildman–Crippen LogP) is 1.13. The standard InChI is InChI=1S/C9H10N2O.HI/c10-7-5-6-3-1-2-4-8(6)11-9(7)12;/h1-4,7H,5,10H2,(H,11,12);1H. The molecule has 1 aliphatic heterocycles. The van der Waals surface area contributed by atoms with Gasteiger partial charge in [0.15, 0.2) is 0 Å². The number of hydrogen-bond acceptors (Lipinski definition) is 2. The van der Waals surface area contributed by atoms with Crippen LogP contribution in [0.15, 0.2) is 24.3 Å². The normalized spacial score (nSPS) is 19.8. The first-order chi connectivity index (χ1) is 5.77. The third-order valence-corrected chi connectivity index (χ3v) is 2.05. The van der Waals surface area contributed by atoms with Crippen molar-refractivity contribution in [3.8, 4) is 0 Å². The third-order valence-electron chi connectivity index (χ3n) is 2.05. The van der Waals surface area contributed by atoms with Crippen LogP contribution in [0.25, 0.3) is 0 Å². The van der Waals surface area contributed by atoms with E-state index in [2.05, 4.69) is 5.32 Å². The summed E-state index contributed by atoms with van der Waals surface area (Å²) in [5, 5.41) is 2.75. The van der Waals surface area contributed by atoms with E-state index >= 15 is 0 Å². The highest BCUT2D eigenvalue weighted by Crippen LogP contribution is 2.20. The van der Waals surface area contributed by atoms with Crippen LogP contribution < -0.4 is 11.1 Å². The van der Waals surface area contributed by atoms with Gasteiger partial charge in [-0.05, 0) is 18.1 Å². The first-order valence-electron chi connectivity index (χ1n) is 3.92. The van der Waals surface area contributed by atoms with Crippen molar-refractivity contribution in [3.63, 3.8) is 0 Å². The van der Waals surface area contributed by atoms with Gasteiger partial charge in [-0.25, -0.2) is 0 Å². The van der Waals surface area contributed by atoms with Crippen molar-refractivity contribution < 1.29 is 4.79 Å². The Bertz CT molecular complexity index is 327. The highest BCUT2D eigenvalue weighted by atomic mass is 127. The van der Waals surface area contributed by atoms with Crippen LogP contribution in [-0.2, 0) is 11.2 Å². The Kier molecular flexibility index (Phi) is 3.27. The van der Waals surface area contributed by atoms with E-state index in [1.54, 1.807) is 0 Å². The second-order valence-corrected chi connectivity index (χ2v) is 2.96. The summed E-state index contributed by atoms with van der Waals surface area (Å²) in [7, 11) is 0. The summed E-state index contributed by atoms with van der Waals surface area (Å²) < 4.78 is 0. The number of benzene rings is 1. The molecule has 0 bridgehead atoms. The molecule has 0 spiro atoms. The number of para-hydroxylation sites is 1. The van der Waals surface area contributed by atoms with Gasteiger partial charge in [0.2, 0.25) is 5.91 Å². The zero-order valence-electron chi connectivity index (χ0n) is 6.99. The lowest BCUT2D eigenvalue weighted by Gasteiger charge is -2.21. The molecule has 0 saturated carbocycles. The van der Waals surface area contributed by atoms with Gasteiger partial charge in [-0.15, -0.1) is 24.0 Å². The van der Waals surface area contributed by atoms with E-state index < -0.39 is 0 Å². The van der Waals surface area contributed by atoms with E-state index in [1.165, 1.54) is 0 Å². The Labute approximate surface area is 93.7 Å². The van der Waals surface area contributed by atoms with E-state index in [9.17, 15) is 4.79 Å². The second kappa shape index (κ2) is 4.06. The lowest BCUT2D eigenvalue weighted by molar-refractivity contribution is -0.117. The molecule has 0 aromatic heterocycles. The predicted molar refractivity (Wildman–Crippen MR) is 62.2 cm³/mol. The Morgan fingerprint density at radius 2 is 2.08 bits per heavy atom. The van der Waals surface area contributed by atoms with Crippen molar-refractivity contribution in [2.75, 3.05) is 5.32 Å². The molecular weight excluding hydrogens is 279 g/mol. The van der Waals surface area contributed by atoms with Crippen molar-refractivity contribution in [1.29, 1.82) is 0 Å². The fourth-order valence-electron chi connectivity index (χ4n) is 1.38. The molecule has 0 saturated heterocycles. The molecule has 13 heavy (non-hydrogen) atoms. The minimum absolute atomic E-state index is 0. The van der Waals surface area contributed by atoms with Gasteiger partial charge >= 0.3 is 0 Å². The first kappa shape index (κ1) is 10.5. The van der Waals surface area contributed by atoms with Crippen molar-refractivity contribution in [3.05, 3.63) is 29.8 Å². The Morgan fingerprint density at radius 1 is 1.38 bits per heavy atom. The van der Waals surface area contributed by atoms with Crippen molar-refractivity contribution in [2.45, 2.75) is 12.5 Å². The molecule has 0 aliphatic carbocycles. The third kappa shape index (κ3) is 2.00. The van der Waals surface area contributed by atoms with Gasteiger partial charge in [0.1, 0.15) is 0 Å².